The maximum Gasteiger partial charge on any atom is 0.231 e. The molecule has 0 radical (unpaired) electrons. The Hall–Kier alpha value is -5.64. The molecular weight excluding hydrogens is 941 g/mol. The van der Waals surface area contributed by atoms with Gasteiger partial charge < -0.3 is 40.6 Å². The van der Waals surface area contributed by atoms with Gasteiger partial charge in [-0.2, -0.15) is 10.2 Å². The van der Waals surface area contributed by atoms with Crippen LogP contribution in [0.25, 0.3) is 0 Å². The molecule has 2 aliphatic heterocycles. The van der Waals surface area contributed by atoms with E-state index in [-0.39, 0.29) is 46.5 Å². The maximum atomic E-state index is 11.8. The minimum atomic E-state index is -0.952. The zero-order valence-corrected chi connectivity index (χ0v) is 43.4. The summed E-state index contributed by atoms with van der Waals surface area (Å²) in [6.07, 6.45) is 17.5. The monoisotopic (exact) mass is 1010 g/mol. The molecule has 10 atom stereocenters. The lowest BCUT2D eigenvalue weighted by atomic mass is 9.51. The summed E-state index contributed by atoms with van der Waals surface area (Å²) in [4.78, 5) is 0. The van der Waals surface area contributed by atoms with E-state index in [0.717, 1.165) is 124 Å². The fraction of sp³-hybridized carbons (Fsp3) is 0.517. The first-order chi connectivity index (χ1) is 34.7. The minimum absolute atomic E-state index is 0.187. The second-order valence-electron chi connectivity index (χ2n) is 22.0. The Bertz CT molecular complexity index is 2770. The molecule has 0 aromatic heterocycles. The first-order valence-corrected chi connectivity index (χ1v) is 26.7. The predicted molar refractivity (Wildman–Crippen MR) is 287 cm³/mol. The summed E-state index contributed by atoms with van der Waals surface area (Å²) in [5, 5.41) is 32.9. The quantitative estimate of drug-likeness (QED) is 0.0974. The van der Waals surface area contributed by atoms with E-state index in [1.165, 1.54) is 33.4 Å². The van der Waals surface area contributed by atoms with Gasteiger partial charge in [0.1, 0.15) is 11.2 Å². The smallest absolute Gasteiger partial charge is 0.231 e. The molecule has 72 heavy (non-hydrogen) atoms. The van der Waals surface area contributed by atoms with Gasteiger partial charge in [-0.1, -0.05) is 49.0 Å². The van der Waals surface area contributed by atoms with E-state index >= 15 is 0 Å². The summed E-state index contributed by atoms with van der Waals surface area (Å²) in [6, 6.07) is 12.7. The first kappa shape index (κ1) is 48.6. The number of rotatable bonds is 4. The van der Waals surface area contributed by atoms with Crippen molar-refractivity contribution in [2.45, 2.75) is 141 Å². The van der Waals surface area contributed by atoms with E-state index in [0.29, 0.717) is 23.7 Å². The van der Waals surface area contributed by atoms with Crippen LogP contribution in [0.2, 0.25) is 0 Å². The van der Waals surface area contributed by atoms with Crippen LogP contribution in [-0.2, 0) is 0 Å². The number of nitrogens with one attached hydrogen (secondary N) is 2. The molecule has 8 aliphatic carbocycles. The SMILES string of the molecule is CC#C[C@]1(O)CC[C@H]2[C@@H]3CCC4=C/C(=N/NC(N)=S)CCC4=C3[C@@H](c3ccc4c(c3)OCO4)C[C@@]21C.CC#C[C@]1(O)CC[C@H]2[C@@H]3CCC4=C/C(=N\NC(N)=S)CCC4=C3[C@@H](c3ccc4c(c3)OCO4)C[C@@]21C. The van der Waals surface area contributed by atoms with E-state index in [4.69, 9.17) is 54.9 Å². The molecule has 0 saturated heterocycles. The van der Waals surface area contributed by atoms with Gasteiger partial charge >= 0.3 is 0 Å². The van der Waals surface area contributed by atoms with Crippen LogP contribution < -0.4 is 41.3 Å². The second kappa shape index (κ2) is 18.7. The Morgan fingerprint density at radius 1 is 0.611 bits per heavy atom. The molecule has 12 nitrogen and oxygen atoms in total. The van der Waals surface area contributed by atoms with Crippen molar-refractivity contribution in [1.82, 2.24) is 10.9 Å². The fourth-order valence-corrected chi connectivity index (χ4v) is 15.6. The zero-order valence-electron chi connectivity index (χ0n) is 41.8. The molecule has 0 amide bonds. The van der Waals surface area contributed by atoms with Crippen molar-refractivity contribution in [2.24, 2.45) is 56.2 Å². The van der Waals surface area contributed by atoms with Crippen LogP contribution in [0, 0.1) is 58.2 Å². The molecular formula is C58H66N6O6S2. The first-order valence-electron chi connectivity index (χ1n) is 25.9. The molecule has 2 aromatic rings. The van der Waals surface area contributed by atoms with E-state index in [9.17, 15) is 10.2 Å². The number of hydrazone groups is 2. The van der Waals surface area contributed by atoms with Crippen molar-refractivity contribution in [2.75, 3.05) is 13.6 Å². The highest BCUT2D eigenvalue weighted by molar-refractivity contribution is 7.80. The van der Waals surface area contributed by atoms with Gasteiger partial charge in [0.25, 0.3) is 0 Å². The Labute approximate surface area is 434 Å². The van der Waals surface area contributed by atoms with E-state index < -0.39 is 11.2 Å². The number of hydrogen-bond acceptors (Lipinski definition) is 10. The van der Waals surface area contributed by atoms with Gasteiger partial charge in [-0.25, -0.2) is 0 Å². The molecule has 14 heteroatoms. The highest BCUT2D eigenvalue weighted by atomic mass is 32.1. The highest BCUT2D eigenvalue weighted by Crippen LogP contribution is 2.68. The van der Waals surface area contributed by atoms with Gasteiger partial charge in [-0.3, -0.25) is 10.9 Å². The number of fused-ring (bicyclic) bond motifs is 10. The number of ether oxygens (including phenoxy) is 4. The summed E-state index contributed by atoms with van der Waals surface area (Å²) in [5.74, 6) is 17.9. The van der Waals surface area contributed by atoms with Gasteiger partial charge in [-0.05, 0) is 222 Å². The molecule has 0 spiro atoms. The van der Waals surface area contributed by atoms with Gasteiger partial charge in [0.2, 0.25) is 13.6 Å². The van der Waals surface area contributed by atoms with Crippen molar-refractivity contribution in [1.29, 1.82) is 0 Å². The zero-order chi connectivity index (χ0) is 50.2. The molecule has 8 N–H and O–H groups in total. The average molecular weight is 1010 g/mol. The number of nitrogens with zero attached hydrogens (tertiary/aromatic N) is 2. The van der Waals surface area contributed by atoms with Gasteiger partial charge in [0.05, 0.1) is 11.4 Å². The molecule has 4 fully saturated rings. The largest absolute Gasteiger partial charge is 0.454 e. The standard InChI is InChI=1S/2C29H33N3O3S/c2*1-3-11-29(33)12-10-23-21-7-4-17-13-19(31-32-27(30)36)6-8-20(17)26(21)22(15-28(23,29)2)18-5-9-24-25(14-18)35-16-34-24/h2*5,9,13-14,21-23,33H,4,6-8,10,12,15-16H2,1-2H3,(H3,30,32,36)/b31-19+;31-19-/t2*21-,22+,23-,28-,29-/m00/s1. The third kappa shape index (κ3) is 8.12. The summed E-state index contributed by atoms with van der Waals surface area (Å²) in [5.41, 5.74) is 27.6. The fourth-order valence-electron chi connectivity index (χ4n) is 15.5. The van der Waals surface area contributed by atoms with Crippen molar-refractivity contribution < 1.29 is 29.2 Å². The summed E-state index contributed by atoms with van der Waals surface area (Å²) < 4.78 is 22.7. The molecule has 0 bridgehead atoms. The molecule has 2 aromatic carbocycles. The van der Waals surface area contributed by atoms with E-state index in [1.54, 1.807) is 11.1 Å². The van der Waals surface area contributed by atoms with Crippen molar-refractivity contribution in [3.8, 4) is 46.7 Å². The normalized spacial score (nSPS) is 35.2. The number of nitrogens with two attached hydrogens (primary N) is 2. The van der Waals surface area contributed by atoms with Crippen molar-refractivity contribution in [3.63, 3.8) is 0 Å². The number of aliphatic hydroxyl groups is 2. The van der Waals surface area contributed by atoms with Crippen molar-refractivity contribution >= 4 is 46.1 Å². The minimum Gasteiger partial charge on any atom is -0.454 e. The van der Waals surface area contributed by atoms with E-state index in [1.807, 2.05) is 26.0 Å². The Balaban J connectivity index is 0.000000156. The van der Waals surface area contributed by atoms with Crippen LogP contribution in [0.1, 0.15) is 141 Å². The Morgan fingerprint density at radius 3 is 1.43 bits per heavy atom. The topological polar surface area (TPSA) is 178 Å². The van der Waals surface area contributed by atoms with Crippen LogP contribution in [0.3, 0.4) is 0 Å². The molecule has 2 heterocycles. The van der Waals surface area contributed by atoms with Crippen LogP contribution in [-0.4, -0.2) is 56.6 Å². The van der Waals surface area contributed by atoms with Gasteiger partial charge in [0.15, 0.2) is 33.2 Å². The van der Waals surface area contributed by atoms with E-state index in [2.05, 4.69) is 95.0 Å². The van der Waals surface area contributed by atoms with Gasteiger partial charge in [-0.15, -0.1) is 11.8 Å². The Morgan fingerprint density at radius 2 is 1.03 bits per heavy atom. The van der Waals surface area contributed by atoms with Crippen LogP contribution in [0.15, 0.2) is 92.2 Å². The molecule has 10 aliphatic rings. The third-order valence-corrected chi connectivity index (χ3v) is 18.9. The summed E-state index contributed by atoms with van der Waals surface area (Å²) in [6.45, 7) is 8.78. The van der Waals surface area contributed by atoms with Crippen LogP contribution in [0.5, 0.6) is 23.0 Å². The number of hydrogen-bond donors (Lipinski definition) is 6. The summed E-state index contributed by atoms with van der Waals surface area (Å²) >= 11 is 9.86. The molecule has 376 valence electrons. The lowest BCUT2D eigenvalue weighted by Gasteiger charge is -2.53. The summed E-state index contributed by atoms with van der Waals surface area (Å²) in [7, 11) is 0. The number of thiocarbonyl (C=S) groups is 2. The van der Waals surface area contributed by atoms with Crippen molar-refractivity contribution in [3.05, 3.63) is 93.1 Å². The van der Waals surface area contributed by atoms with Crippen LogP contribution in [0.4, 0.5) is 0 Å². The third-order valence-electron chi connectivity index (χ3n) is 18.7. The van der Waals surface area contributed by atoms with Crippen LogP contribution >= 0.6 is 24.4 Å². The molecule has 4 saturated carbocycles. The second-order valence-corrected chi connectivity index (χ2v) is 22.9. The lowest BCUT2D eigenvalue weighted by Crippen LogP contribution is -2.51. The number of benzene rings is 2. The maximum absolute atomic E-state index is 11.8. The lowest BCUT2D eigenvalue weighted by molar-refractivity contribution is -0.0514. The average Bonchev–Trinajstić information content (AvgIpc) is 4.16. The molecule has 12 rings (SSSR count). The Kier molecular flexibility index (Phi) is 12.6. The predicted octanol–water partition coefficient (Wildman–Crippen LogP) is 9.38. The highest BCUT2D eigenvalue weighted by Gasteiger charge is 2.64. The number of allylic oxidation sites excluding steroid dienone is 8. The van der Waals surface area contributed by atoms with Gasteiger partial charge in [0, 0.05) is 22.7 Å². The molecule has 0 unspecified atom stereocenters.